The van der Waals surface area contributed by atoms with Crippen LogP contribution in [0.3, 0.4) is 0 Å². The predicted octanol–water partition coefficient (Wildman–Crippen LogP) is 4.93. The standard InChI is InChI=1S/C20H17F2NO2/c1-13(15-11-6-8-14-7-2-3-9-16(14)15)23-19(24)17-10-4-5-12-18(17)25-20(21)22/h2-13,20H,1H3,(H,23,24). The van der Waals surface area contributed by atoms with Crippen LogP contribution in [0.25, 0.3) is 10.8 Å². The highest BCUT2D eigenvalue weighted by Crippen LogP contribution is 2.25. The molecule has 25 heavy (non-hydrogen) atoms. The molecule has 0 aromatic heterocycles. The van der Waals surface area contributed by atoms with E-state index < -0.39 is 12.5 Å². The van der Waals surface area contributed by atoms with Crippen molar-refractivity contribution in [2.75, 3.05) is 0 Å². The minimum absolute atomic E-state index is 0.0786. The number of hydrogen-bond donors (Lipinski definition) is 1. The molecule has 3 rings (SSSR count). The maximum absolute atomic E-state index is 12.5. The maximum Gasteiger partial charge on any atom is 0.387 e. The van der Waals surface area contributed by atoms with Crippen LogP contribution in [0.4, 0.5) is 8.78 Å². The Balaban J connectivity index is 1.86. The van der Waals surface area contributed by atoms with Crippen molar-refractivity contribution in [1.29, 1.82) is 0 Å². The van der Waals surface area contributed by atoms with E-state index in [1.54, 1.807) is 12.1 Å². The Kier molecular flexibility index (Phi) is 4.93. The van der Waals surface area contributed by atoms with Crippen molar-refractivity contribution in [2.24, 2.45) is 0 Å². The van der Waals surface area contributed by atoms with Gasteiger partial charge in [0.2, 0.25) is 0 Å². The molecule has 0 aliphatic carbocycles. The van der Waals surface area contributed by atoms with Crippen molar-refractivity contribution in [3.63, 3.8) is 0 Å². The quantitative estimate of drug-likeness (QED) is 0.714. The number of carbonyl (C=O) groups excluding carboxylic acids is 1. The highest BCUT2D eigenvalue weighted by Gasteiger charge is 2.18. The SMILES string of the molecule is CC(NC(=O)c1ccccc1OC(F)F)c1cccc2ccccc12. The van der Waals surface area contributed by atoms with Crippen LogP contribution in [-0.4, -0.2) is 12.5 Å². The Morgan fingerprint density at radius 2 is 1.64 bits per heavy atom. The van der Waals surface area contributed by atoms with Crippen LogP contribution in [-0.2, 0) is 0 Å². The third-order valence-corrected chi connectivity index (χ3v) is 3.99. The van der Waals surface area contributed by atoms with Crippen molar-refractivity contribution in [2.45, 2.75) is 19.6 Å². The third-order valence-electron chi connectivity index (χ3n) is 3.99. The summed E-state index contributed by atoms with van der Waals surface area (Å²) < 4.78 is 29.5. The first kappa shape index (κ1) is 16.9. The van der Waals surface area contributed by atoms with E-state index in [1.165, 1.54) is 12.1 Å². The molecule has 3 nitrogen and oxygen atoms in total. The number of rotatable bonds is 5. The summed E-state index contributed by atoms with van der Waals surface area (Å²) in [7, 11) is 0. The van der Waals surface area contributed by atoms with Gasteiger partial charge >= 0.3 is 6.61 Å². The van der Waals surface area contributed by atoms with E-state index in [4.69, 9.17) is 0 Å². The third kappa shape index (κ3) is 3.76. The summed E-state index contributed by atoms with van der Waals surface area (Å²) >= 11 is 0. The van der Waals surface area contributed by atoms with Crippen molar-refractivity contribution in [3.05, 3.63) is 77.9 Å². The molecule has 128 valence electrons. The fourth-order valence-electron chi connectivity index (χ4n) is 2.83. The lowest BCUT2D eigenvalue weighted by Gasteiger charge is -2.18. The van der Waals surface area contributed by atoms with E-state index in [2.05, 4.69) is 10.1 Å². The zero-order valence-corrected chi connectivity index (χ0v) is 13.6. The predicted molar refractivity (Wildman–Crippen MR) is 92.9 cm³/mol. The molecule has 0 spiro atoms. The average Bonchev–Trinajstić information content (AvgIpc) is 2.61. The van der Waals surface area contributed by atoms with Gasteiger partial charge in [0, 0.05) is 0 Å². The average molecular weight is 341 g/mol. The Hall–Kier alpha value is -2.95. The fraction of sp³-hybridized carbons (Fsp3) is 0.150. The number of alkyl halides is 2. The number of nitrogens with one attached hydrogen (secondary N) is 1. The van der Waals surface area contributed by atoms with Crippen molar-refractivity contribution >= 4 is 16.7 Å². The summed E-state index contributed by atoms with van der Waals surface area (Å²) in [5.74, 6) is -0.600. The van der Waals surface area contributed by atoms with Crippen LogP contribution in [0.1, 0.15) is 28.9 Å². The number of halogens is 2. The maximum atomic E-state index is 12.5. The second-order valence-corrected chi connectivity index (χ2v) is 5.64. The molecule has 0 fully saturated rings. The molecule has 1 atom stereocenters. The fourth-order valence-corrected chi connectivity index (χ4v) is 2.83. The van der Waals surface area contributed by atoms with Gasteiger partial charge in [0.15, 0.2) is 0 Å². The van der Waals surface area contributed by atoms with Crippen LogP contribution < -0.4 is 10.1 Å². The smallest absolute Gasteiger partial charge is 0.387 e. The normalized spacial score (nSPS) is 12.2. The Morgan fingerprint density at radius 1 is 0.960 bits per heavy atom. The van der Waals surface area contributed by atoms with E-state index in [0.717, 1.165) is 16.3 Å². The number of hydrogen-bond acceptors (Lipinski definition) is 2. The summed E-state index contributed by atoms with van der Waals surface area (Å²) in [6.07, 6.45) is 0. The molecular weight excluding hydrogens is 324 g/mol. The van der Waals surface area contributed by atoms with Crippen LogP contribution >= 0.6 is 0 Å². The number of fused-ring (bicyclic) bond motifs is 1. The lowest BCUT2D eigenvalue weighted by atomic mass is 9.99. The van der Waals surface area contributed by atoms with Gasteiger partial charge in [-0.15, -0.1) is 0 Å². The van der Waals surface area contributed by atoms with Crippen molar-refractivity contribution in [3.8, 4) is 5.75 Å². The molecule has 0 saturated carbocycles. The van der Waals surface area contributed by atoms with E-state index >= 15 is 0 Å². The van der Waals surface area contributed by atoms with Crippen LogP contribution in [0.15, 0.2) is 66.7 Å². The number of carbonyl (C=O) groups is 1. The van der Waals surface area contributed by atoms with Gasteiger partial charge in [0.05, 0.1) is 11.6 Å². The van der Waals surface area contributed by atoms with Crippen molar-refractivity contribution in [1.82, 2.24) is 5.32 Å². The first-order chi connectivity index (χ1) is 12.1. The molecule has 5 heteroatoms. The summed E-state index contributed by atoms with van der Waals surface area (Å²) in [6.45, 7) is -1.12. The summed E-state index contributed by atoms with van der Waals surface area (Å²) in [5.41, 5.74) is 1.04. The number of benzene rings is 3. The van der Waals surface area contributed by atoms with Gasteiger partial charge < -0.3 is 10.1 Å². The van der Waals surface area contributed by atoms with E-state index in [0.29, 0.717) is 0 Å². The zero-order chi connectivity index (χ0) is 17.8. The first-order valence-electron chi connectivity index (χ1n) is 7.88. The van der Waals surface area contributed by atoms with Gasteiger partial charge in [-0.05, 0) is 35.4 Å². The van der Waals surface area contributed by atoms with E-state index in [-0.39, 0.29) is 17.4 Å². The van der Waals surface area contributed by atoms with Gasteiger partial charge in [-0.2, -0.15) is 8.78 Å². The number of para-hydroxylation sites is 1. The number of ether oxygens (including phenoxy) is 1. The molecule has 0 radical (unpaired) electrons. The van der Waals surface area contributed by atoms with Crippen molar-refractivity contribution < 1.29 is 18.3 Å². The number of amides is 1. The van der Waals surface area contributed by atoms with Gasteiger partial charge in [-0.3, -0.25) is 4.79 Å². The topological polar surface area (TPSA) is 38.3 Å². The van der Waals surface area contributed by atoms with Gasteiger partial charge in [-0.1, -0.05) is 54.6 Å². The minimum Gasteiger partial charge on any atom is -0.434 e. The summed E-state index contributed by atoms with van der Waals surface area (Å²) in [4.78, 5) is 12.5. The lowest BCUT2D eigenvalue weighted by molar-refractivity contribution is -0.0501. The van der Waals surface area contributed by atoms with E-state index in [1.807, 2.05) is 49.4 Å². The second kappa shape index (κ2) is 7.30. The molecule has 1 N–H and O–H groups in total. The highest BCUT2D eigenvalue weighted by molar-refractivity contribution is 5.97. The van der Waals surface area contributed by atoms with Crippen LogP contribution in [0.5, 0.6) is 5.75 Å². The molecule has 1 amide bonds. The van der Waals surface area contributed by atoms with Gasteiger partial charge in [0.25, 0.3) is 5.91 Å². The van der Waals surface area contributed by atoms with Gasteiger partial charge in [-0.25, -0.2) is 0 Å². The lowest BCUT2D eigenvalue weighted by Crippen LogP contribution is -2.27. The van der Waals surface area contributed by atoms with Gasteiger partial charge in [0.1, 0.15) is 5.75 Å². The Morgan fingerprint density at radius 3 is 2.44 bits per heavy atom. The summed E-state index contributed by atoms with van der Waals surface area (Å²) in [6, 6.07) is 19.4. The van der Waals surface area contributed by atoms with E-state index in [9.17, 15) is 13.6 Å². The Labute approximate surface area is 144 Å². The molecule has 0 saturated heterocycles. The highest BCUT2D eigenvalue weighted by atomic mass is 19.3. The van der Waals surface area contributed by atoms with Crippen LogP contribution in [0, 0.1) is 0 Å². The second-order valence-electron chi connectivity index (χ2n) is 5.64. The zero-order valence-electron chi connectivity index (χ0n) is 13.6. The van der Waals surface area contributed by atoms with Crippen LogP contribution in [0.2, 0.25) is 0 Å². The molecule has 0 aliphatic rings. The Bertz CT molecular complexity index is 890. The molecule has 3 aromatic rings. The molecule has 1 unspecified atom stereocenters. The largest absolute Gasteiger partial charge is 0.434 e. The summed E-state index contributed by atoms with van der Waals surface area (Å²) in [5, 5.41) is 4.96. The molecule has 3 aromatic carbocycles. The monoisotopic (exact) mass is 341 g/mol. The minimum atomic E-state index is -2.98. The molecular formula is C20H17F2NO2. The molecule has 0 heterocycles. The molecule has 0 aliphatic heterocycles. The molecule has 0 bridgehead atoms. The first-order valence-corrected chi connectivity index (χ1v) is 7.88.